The van der Waals surface area contributed by atoms with Crippen LogP contribution in [0.2, 0.25) is 0 Å². The quantitative estimate of drug-likeness (QED) is 0.921. The smallest absolute Gasteiger partial charge is 0.0522 e. The van der Waals surface area contributed by atoms with Crippen molar-refractivity contribution in [1.82, 2.24) is 20.0 Å². The van der Waals surface area contributed by atoms with E-state index in [1.54, 1.807) is 0 Å². The van der Waals surface area contributed by atoms with Gasteiger partial charge in [0.05, 0.1) is 6.20 Å². The SMILES string of the molecule is Cl.Cl.Cn1cc(CCN2CCNCC23CCCCC3)cn1. The van der Waals surface area contributed by atoms with Crippen LogP contribution in [0.3, 0.4) is 0 Å². The summed E-state index contributed by atoms with van der Waals surface area (Å²) in [5.41, 5.74) is 1.82. The lowest BCUT2D eigenvalue weighted by molar-refractivity contribution is 0.0286. The normalized spacial score (nSPS) is 21.6. The first-order valence-electron chi connectivity index (χ1n) is 7.72. The Bertz CT molecular complexity index is 407. The molecule has 0 bridgehead atoms. The molecule has 0 aromatic carbocycles. The third-order valence-electron chi connectivity index (χ3n) is 4.90. The van der Waals surface area contributed by atoms with Crippen molar-refractivity contribution < 1.29 is 0 Å². The summed E-state index contributed by atoms with van der Waals surface area (Å²) in [6.45, 7) is 4.74. The predicted octanol–water partition coefficient (Wildman–Crippen LogP) is 2.41. The summed E-state index contributed by atoms with van der Waals surface area (Å²) in [6, 6.07) is 0. The maximum absolute atomic E-state index is 4.27. The number of hydrogen-bond acceptors (Lipinski definition) is 3. The number of nitrogens with one attached hydrogen (secondary N) is 1. The van der Waals surface area contributed by atoms with Gasteiger partial charge < -0.3 is 5.32 Å². The first-order valence-corrected chi connectivity index (χ1v) is 7.72. The standard InChI is InChI=1S/C15H26N4.2ClH/c1-18-12-14(11-17-18)5-9-19-10-8-16-13-15(19)6-3-2-4-7-15;;/h11-12,16H,2-10,13H2,1H3;2*1H. The number of rotatable bonds is 3. The van der Waals surface area contributed by atoms with Crippen molar-refractivity contribution >= 4 is 24.8 Å². The van der Waals surface area contributed by atoms with Crippen LogP contribution < -0.4 is 5.32 Å². The van der Waals surface area contributed by atoms with Crippen molar-refractivity contribution in [2.45, 2.75) is 44.1 Å². The summed E-state index contributed by atoms with van der Waals surface area (Å²) in [7, 11) is 2.00. The fourth-order valence-corrected chi connectivity index (χ4v) is 3.80. The largest absolute Gasteiger partial charge is 0.314 e. The van der Waals surface area contributed by atoms with Crippen LogP contribution in [-0.2, 0) is 13.5 Å². The molecule has 0 atom stereocenters. The second kappa shape index (κ2) is 8.37. The molecule has 0 amide bonds. The summed E-state index contributed by atoms with van der Waals surface area (Å²) in [6.07, 6.45) is 12.3. The van der Waals surface area contributed by atoms with Crippen molar-refractivity contribution in [3.05, 3.63) is 18.0 Å². The second-order valence-electron chi connectivity index (χ2n) is 6.22. The monoisotopic (exact) mass is 334 g/mol. The zero-order valence-electron chi connectivity index (χ0n) is 12.9. The van der Waals surface area contributed by atoms with E-state index in [1.165, 1.54) is 57.3 Å². The van der Waals surface area contributed by atoms with E-state index in [0.717, 1.165) is 13.0 Å². The van der Waals surface area contributed by atoms with E-state index in [9.17, 15) is 0 Å². The maximum Gasteiger partial charge on any atom is 0.0522 e. The van der Waals surface area contributed by atoms with Gasteiger partial charge in [0.25, 0.3) is 0 Å². The molecule has 1 aliphatic carbocycles. The van der Waals surface area contributed by atoms with Gasteiger partial charge in [-0.1, -0.05) is 19.3 Å². The van der Waals surface area contributed by atoms with E-state index in [-0.39, 0.29) is 24.8 Å². The fourth-order valence-electron chi connectivity index (χ4n) is 3.80. The van der Waals surface area contributed by atoms with Gasteiger partial charge in [-0.25, -0.2) is 0 Å². The summed E-state index contributed by atoms with van der Waals surface area (Å²) < 4.78 is 1.91. The summed E-state index contributed by atoms with van der Waals surface area (Å²) >= 11 is 0. The first kappa shape index (κ1) is 18.8. The van der Waals surface area contributed by atoms with Gasteiger partial charge in [0.15, 0.2) is 0 Å². The Kier molecular flexibility index (Phi) is 7.48. The Morgan fingerprint density at radius 3 is 2.67 bits per heavy atom. The minimum absolute atomic E-state index is 0. The van der Waals surface area contributed by atoms with Crippen LogP contribution in [0.1, 0.15) is 37.7 Å². The van der Waals surface area contributed by atoms with Gasteiger partial charge >= 0.3 is 0 Å². The highest BCUT2D eigenvalue weighted by molar-refractivity contribution is 5.85. The van der Waals surface area contributed by atoms with Crippen molar-refractivity contribution in [2.24, 2.45) is 7.05 Å². The molecule has 2 heterocycles. The molecule has 1 saturated heterocycles. The fraction of sp³-hybridized carbons (Fsp3) is 0.800. The summed E-state index contributed by atoms with van der Waals surface area (Å²) in [5, 5.41) is 7.89. The molecule has 6 heteroatoms. The lowest BCUT2D eigenvalue weighted by Gasteiger charge is -2.50. The predicted molar refractivity (Wildman–Crippen MR) is 91.7 cm³/mol. The minimum atomic E-state index is 0. The Morgan fingerprint density at radius 1 is 1.24 bits per heavy atom. The highest BCUT2D eigenvalue weighted by atomic mass is 35.5. The third kappa shape index (κ3) is 4.35. The molecule has 1 aromatic heterocycles. The lowest BCUT2D eigenvalue weighted by Crippen LogP contribution is -2.62. The number of hydrogen-bond donors (Lipinski definition) is 1. The van der Waals surface area contributed by atoms with E-state index < -0.39 is 0 Å². The molecule has 4 nitrogen and oxygen atoms in total. The Hall–Kier alpha value is -0.290. The molecule has 1 aliphatic heterocycles. The molecule has 2 fully saturated rings. The first-order chi connectivity index (χ1) is 9.28. The average Bonchev–Trinajstić information content (AvgIpc) is 2.85. The lowest BCUT2D eigenvalue weighted by atomic mass is 9.79. The van der Waals surface area contributed by atoms with Crippen LogP contribution in [0.25, 0.3) is 0 Å². The van der Waals surface area contributed by atoms with Crippen LogP contribution in [0.15, 0.2) is 12.4 Å². The Labute approximate surface area is 140 Å². The van der Waals surface area contributed by atoms with Gasteiger partial charge in [-0.05, 0) is 24.8 Å². The van der Waals surface area contributed by atoms with E-state index in [1.807, 2.05) is 17.9 Å². The molecule has 122 valence electrons. The van der Waals surface area contributed by atoms with Gasteiger partial charge in [0, 0.05) is 45.0 Å². The minimum Gasteiger partial charge on any atom is -0.314 e. The van der Waals surface area contributed by atoms with E-state index >= 15 is 0 Å². The molecule has 1 N–H and O–H groups in total. The van der Waals surface area contributed by atoms with Crippen LogP contribution in [0, 0.1) is 0 Å². The van der Waals surface area contributed by atoms with Crippen molar-refractivity contribution in [2.75, 3.05) is 26.2 Å². The average molecular weight is 335 g/mol. The number of nitrogens with zero attached hydrogens (tertiary/aromatic N) is 3. The Balaban J connectivity index is 0.00000110. The molecular formula is C15H28Cl2N4. The van der Waals surface area contributed by atoms with Gasteiger partial charge in [-0.15, -0.1) is 24.8 Å². The van der Waals surface area contributed by atoms with Crippen molar-refractivity contribution in [3.8, 4) is 0 Å². The summed E-state index contributed by atoms with van der Waals surface area (Å²) in [5.74, 6) is 0. The maximum atomic E-state index is 4.27. The van der Waals surface area contributed by atoms with Crippen molar-refractivity contribution in [1.29, 1.82) is 0 Å². The van der Waals surface area contributed by atoms with Gasteiger partial charge in [0.1, 0.15) is 0 Å². The van der Waals surface area contributed by atoms with Gasteiger partial charge in [-0.3, -0.25) is 9.58 Å². The van der Waals surface area contributed by atoms with Gasteiger partial charge in [-0.2, -0.15) is 5.10 Å². The molecule has 1 saturated carbocycles. The van der Waals surface area contributed by atoms with Crippen LogP contribution >= 0.6 is 24.8 Å². The topological polar surface area (TPSA) is 33.1 Å². The van der Waals surface area contributed by atoms with E-state index in [4.69, 9.17) is 0 Å². The number of piperazine rings is 1. The highest BCUT2D eigenvalue weighted by Crippen LogP contribution is 2.34. The van der Waals surface area contributed by atoms with Crippen LogP contribution in [-0.4, -0.2) is 46.4 Å². The van der Waals surface area contributed by atoms with Crippen molar-refractivity contribution in [3.63, 3.8) is 0 Å². The third-order valence-corrected chi connectivity index (χ3v) is 4.90. The van der Waals surface area contributed by atoms with Gasteiger partial charge in [0.2, 0.25) is 0 Å². The number of aromatic nitrogens is 2. The van der Waals surface area contributed by atoms with Crippen LogP contribution in [0.5, 0.6) is 0 Å². The van der Waals surface area contributed by atoms with E-state index in [0.29, 0.717) is 5.54 Å². The zero-order valence-corrected chi connectivity index (χ0v) is 14.5. The molecule has 3 rings (SSSR count). The molecule has 1 spiro atoms. The molecule has 1 aromatic rings. The zero-order chi connectivity index (χ0) is 13.1. The second-order valence-corrected chi connectivity index (χ2v) is 6.22. The molecular weight excluding hydrogens is 307 g/mol. The highest BCUT2D eigenvalue weighted by Gasteiger charge is 2.39. The number of aryl methyl sites for hydroxylation is 1. The van der Waals surface area contributed by atoms with E-state index in [2.05, 4.69) is 21.5 Å². The Morgan fingerprint density at radius 2 is 2.00 bits per heavy atom. The molecule has 0 radical (unpaired) electrons. The number of halogens is 2. The molecule has 2 aliphatic rings. The molecule has 0 unspecified atom stereocenters. The summed E-state index contributed by atoms with van der Waals surface area (Å²) in [4.78, 5) is 2.76. The molecule has 21 heavy (non-hydrogen) atoms. The van der Waals surface area contributed by atoms with Crippen LogP contribution in [0.4, 0.5) is 0 Å².